The van der Waals surface area contributed by atoms with Gasteiger partial charge in [-0.3, -0.25) is 9.69 Å². The highest BCUT2D eigenvalue weighted by Gasteiger charge is 2.51. The van der Waals surface area contributed by atoms with Crippen LogP contribution in [0.25, 0.3) is 0 Å². The molecular weight excluding hydrogens is 262 g/mol. The summed E-state index contributed by atoms with van der Waals surface area (Å²) in [4.78, 5) is 14.9. The predicted molar refractivity (Wildman–Crippen MR) is 86.3 cm³/mol. The fraction of sp³-hybridized carbons (Fsp3) is 0.944. The second-order valence-electron chi connectivity index (χ2n) is 7.51. The maximum absolute atomic E-state index is 12.3. The lowest BCUT2D eigenvalue weighted by molar-refractivity contribution is -0.152. The molecule has 1 aliphatic heterocycles. The Kier molecular flexibility index (Phi) is 5.70. The largest absolute Gasteiger partial charge is 0.466 e. The van der Waals surface area contributed by atoms with Crippen LogP contribution in [0.3, 0.4) is 0 Å². The van der Waals surface area contributed by atoms with E-state index < -0.39 is 0 Å². The molecule has 3 heteroatoms. The second-order valence-corrected chi connectivity index (χ2v) is 7.51. The molecule has 1 unspecified atom stereocenters. The number of nitrogens with zero attached hydrogens (tertiary/aromatic N) is 1. The molecule has 0 amide bonds. The van der Waals surface area contributed by atoms with Crippen LogP contribution < -0.4 is 0 Å². The van der Waals surface area contributed by atoms with E-state index in [0.29, 0.717) is 13.0 Å². The van der Waals surface area contributed by atoms with Crippen LogP contribution in [0.1, 0.15) is 78.6 Å². The maximum Gasteiger partial charge on any atom is 0.307 e. The molecular formula is C18H33NO2. The van der Waals surface area contributed by atoms with Crippen LogP contribution in [-0.2, 0) is 9.53 Å². The summed E-state index contributed by atoms with van der Waals surface area (Å²) in [5.41, 5.74) is 0.212. The molecule has 3 nitrogen and oxygen atoms in total. The molecule has 2 fully saturated rings. The smallest absolute Gasteiger partial charge is 0.307 e. The van der Waals surface area contributed by atoms with Crippen molar-refractivity contribution in [1.82, 2.24) is 4.90 Å². The average molecular weight is 295 g/mol. The van der Waals surface area contributed by atoms with Crippen molar-refractivity contribution in [3.8, 4) is 0 Å². The number of carbonyl (C=O) groups is 1. The van der Waals surface area contributed by atoms with Gasteiger partial charge >= 0.3 is 5.97 Å². The predicted octanol–water partition coefficient (Wildman–Crippen LogP) is 4.15. The van der Waals surface area contributed by atoms with Crippen molar-refractivity contribution in [2.45, 2.75) is 84.1 Å². The molecule has 0 bridgehead atoms. The highest BCUT2D eigenvalue weighted by molar-refractivity contribution is 5.71. The van der Waals surface area contributed by atoms with Gasteiger partial charge < -0.3 is 4.74 Å². The van der Waals surface area contributed by atoms with Crippen LogP contribution in [0, 0.1) is 5.41 Å². The van der Waals surface area contributed by atoms with E-state index in [4.69, 9.17) is 4.74 Å². The molecule has 1 atom stereocenters. The quantitative estimate of drug-likeness (QED) is 0.730. The van der Waals surface area contributed by atoms with Crippen LogP contribution in [0.15, 0.2) is 0 Å². The van der Waals surface area contributed by atoms with Crippen LogP contribution in [0.4, 0.5) is 0 Å². The van der Waals surface area contributed by atoms with E-state index >= 15 is 0 Å². The van der Waals surface area contributed by atoms with Gasteiger partial charge in [-0.15, -0.1) is 0 Å². The molecule has 1 saturated carbocycles. The van der Waals surface area contributed by atoms with E-state index in [1.807, 2.05) is 6.92 Å². The molecule has 1 heterocycles. The number of hydrogen-bond acceptors (Lipinski definition) is 3. The Hall–Kier alpha value is -0.570. The van der Waals surface area contributed by atoms with Crippen molar-refractivity contribution >= 4 is 5.97 Å². The van der Waals surface area contributed by atoms with E-state index in [0.717, 1.165) is 19.5 Å². The molecule has 2 rings (SSSR count). The molecule has 0 aromatic heterocycles. The molecule has 1 aliphatic carbocycles. The van der Waals surface area contributed by atoms with Gasteiger partial charge in [-0.2, -0.15) is 0 Å². The lowest BCUT2D eigenvalue weighted by Crippen LogP contribution is -2.61. The molecule has 0 aromatic carbocycles. The van der Waals surface area contributed by atoms with Gasteiger partial charge in [0.05, 0.1) is 13.0 Å². The monoisotopic (exact) mass is 295 g/mol. The first-order valence-electron chi connectivity index (χ1n) is 8.92. The molecule has 2 aliphatic rings. The number of rotatable bonds is 4. The third kappa shape index (κ3) is 3.61. The summed E-state index contributed by atoms with van der Waals surface area (Å²) in [7, 11) is 0. The number of likely N-dealkylation sites (tertiary alicyclic amines) is 1. The van der Waals surface area contributed by atoms with Gasteiger partial charge in [0.25, 0.3) is 0 Å². The topological polar surface area (TPSA) is 29.5 Å². The summed E-state index contributed by atoms with van der Waals surface area (Å²) in [6.07, 6.45) is 10.7. The van der Waals surface area contributed by atoms with E-state index in [9.17, 15) is 4.79 Å². The summed E-state index contributed by atoms with van der Waals surface area (Å²) in [5.74, 6) is -0.00304. The number of carbonyl (C=O) groups excluding carboxylic acids is 1. The Morgan fingerprint density at radius 2 is 1.62 bits per heavy atom. The number of hydrogen-bond donors (Lipinski definition) is 0. The SMILES string of the molecule is CCOC(=O)CC1(N2CCCCCC2)CCCCC1(C)C. The van der Waals surface area contributed by atoms with E-state index in [1.54, 1.807) is 0 Å². The lowest BCUT2D eigenvalue weighted by Gasteiger charge is -2.56. The zero-order valence-electron chi connectivity index (χ0n) is 14.2. The van der Waals surface area contributed by atoms with Gasteiger partial charge in [-0.25, -0.2) is 0 Å². The molecule has 1 saturated heterocycles. The first-order chi connectivity index (χ1) is 10.0. The van der Waals surface area contributed by atoms with Crippen molar-refractivity contribution in [2.24, 2.45) is 5.41 Å². The summed E-state index contributed by atoms with van der Waals surface area (Å²) >= 11 is 0. The third-order valence-corrected chi connectivity index (χ3v) is 5.86. The fourth-order valence-corrected chi connectivity index (χ4v) is 4.53. The number of ether oxygens (including phenoxy) is 1. The van der Waals surface area contributed by atoms with Crippen molar-refractivity contribution in [2.75, 3.05) is 19.7 Å². The zero-order valence-corrected chi connectivity index (χ0v) is 14.2. The minimum absolute atomic E-state index is 0.00304. The van der Waals surface area contributed by atoms with Crippen molar-refractivity contribution < 1.29 is 9.53 Å². The summed E-state index contributed by atoms with van der Waals surface area (Å²) in [6.45, 7) is 9.45. The van der Waals surface area contributed by atoms with Gasteiger partial charge in [0, 0.05) is 5.54 Å². The molecule has 0 aromatic rings. The van der Waals surface area contributed by atoms with Gasteiger partial charge in [0.1, 0.15) is 0 Å². The summed E-state index contributed by atoms with van der Waals surface area (Å²) in [5, 5.41) is 0. The van der Waals surface area contributed by atoms with Gasteiger partial charge in [-0.1, -0.05) is 39.5 Å². The third-order valence-electron chi connectivity index (χ3n) is 5.86. The van der Waals surface area contributed by atoms with Gasteiger partial charge in [0.2, 0.25) is 0 Å². The number of esters is 1. The van der Waals surface area contributed by atoms with Crippen molar-refractivity contribution in [3.63, 3.8) is 0 Å². The van der Waals surface area contributed by atoms with E-state index in [-0.39, 0.29) is 16.9 Å². The molecule has 0 N–H and O–H groups in total. The normalized spacial score (nSPS) is 30.6. The Balaban J connectivity index is 2.25. The molecule has 122 valence electrons. The Morgan fingerprint density at radius 3 is 2.19 bits per heavy atom. The van der Waals surface area contributed by atoms with Gasteiger partial charge in [0.15, 0.2) is 0 Å². The van der Waals surface area contributed by atoms with E-state index in [1.165, 1.54) is 44.9 Å². The Morgan fingerprint density at radius 1 is 1.00 bits per heavy atom. The molecule has 0 spiro atoms. The summed E-state index contributed by atoms with van der Waals surface area (Å²) in [6, 6.07) is 0. The first-order valence-corrected chi connectivity index (χ1v) is 8.92. The van der Waals surface area contributed by atoms with Gasteiger partial charge in [-0.05, 0) is 51.1 Å². The van der Waals surface area contributed by atoms with Crippen LogP contribution in [-0.4, -0.2) is 36.1 Å². The maximum atomic E-state index is 12.3. The Bertz CT molecular complexity index is 345. The Labute approximate surface area is 130 Å². The van der Waals surface area contributed by atoms with Crippen molar-refractivity contribution in [1.29, 1.82) is 0 Å². The van der Waals surface area contributed by atoms with Crippen LogP contribution >= 0.6 is 0 Å². The lowest BCUT2D eigenvalue weighted by atomic mass is 9.60. The highest BCUT2D eigenvalue weighted by atomic mass is 16.5. The second kappa shape index (κ2) is 7.13. The van der Waals surface area contributed by atoms with Crippen molar-refractivity contribution in [3.05, 3.63) is 0 Å². The van der Waals surface area contributed by atoms with Crippen LogP contribution in [0.5, 0.6) is 0 Å². The standard InChI is InChI=1S/C18H33NO2/c1-4-21-16(20)15-18(12-8-7-11-17(18,2)3)19-13-9-5-6-10-14-19/h4-15H2,1-3H3. The first kappa shape index (κ1) is 16.8. The van der Waals surface area contributed by atoms with E-state index in [2.05, 4.69) is 18.7 Å². The molecule has 0 radical (unpaired) electrons. The summed E-state index contributed by atoms with van der Waals surface area (Å²) < 4.78 is 5.32. The zero-order chi connectivity index (χ0) is 15.3. The highest BCUT2D eigenvalue weighted by Crippen LogP contribution is 2.50. The molecule has 21 heavy (non-hydrogen) atoms. The minimum Gasteiger partial charge on any atom is -0.466 e. The average Bonchev–Trinajstić information content (AvgIpc) is 2.70. The van der Waals surface area contributed by atoms with Crippen LogP contribution in [0.2, 0.25) is 0 Å². The fourth-order valence-electron chi connectivity index (χ4n) is 4.53. The minimum atomic E-state index is -0.00304.